The fourth-order valence-electron chi connectivity index (χ4n) is 2.20. The molecular weight excluding hydrogens is 357 g/mol. The van der Waals surface area contributed by atoms with Crippen LogP contribution in [0.2, 0.25) is 5.02 Å². The first kappa shape index (κ1) is 19.3. The van der Waals surface area contributed by atoms with Gasteiger partial charge in [-0.25, -0.2) is 4.39 Å². The number of carbonyl (C=O) groups is 1. The molecule has 0 heterocycles. The van der Waals surface area contributed by atoms with E-state index < -0.39 is 5.91 Å². The van der Waals surface area contributed by atoms with Gasteiger partial charge in [-0.2, -0.15) is 5.26 Å². The summed E-state index contributed by atoms with van der Waals surface area (Å²) in [5.41, 5.74) is 0.790. The van der Waals surface area contributed by atoms with Crippen molar-refractivity contribution in [3.8, 4) is 11.8 Å². The molecule has 2 N–H and O–H groups in total. The summed E-state index contributed by atoms with van der Waals surface area (Å²) in [6.07, 6.45) is 1.72. The maximum absolute atomic E-state index is 13.5. The summed E-state index contributed by atoms with van der Waals surface area (Å²) in [6.45, 7) is 0.375. The van der Waals surface area contributed by atoms with Gasteiger partial charge in [0.2, 0.25) is 0 Å². The highest BCUT2D eigenvalue weighted by Crippen LogP contribution is 2.27. The normalized spacial score (nSPS) is 10.8. The zero-order valence-corrected chi connectivity index (χ0v) is 14.8. The molecule has 0 saturated heterocycles. The van der Waals surface area contributed by atoms with Crippen molar-refractivity contribution in [2.75, 3.05) is 19.0 Å². The molecule has 7 heteroatoms. The second kappa shape index (κ2) is 9.44. The molecule has 0 aliphatic heterocycles. The molecular formula is C19H17ClFN3O2. The molecule has 0 aliphatic carbocycles. The zero-order valence-electron chi connectivity index (χ0n) is 14.1. The summed E-state index contributed by atoms with van der Waals surface area (Å²) in [5, 5.41) is 15.0. The number of methoxy groups -OCH3 is 1. The van der Waals surface area contributed by atoms with E-state index in [-0.39, 0.29) is 11.4 Å². The van der Waals surface area contributed by atoms with Gasteiger partial charge in [0.25, 0.3) is 5.91 Å². The fourth-order valence-corrected chi connectivity index (χ4v) is 2.37. The van der Waals surface area contributed by atoms with Crippen molar-refractivity contribution >= 4 is 23.2 Å². The molecule has 1 amide bonds. The van der Waals surface area contributed by atoms with Gasteiger partial charge in [-0.3, -0.25) is 4.79 Å². The molecule has 134 valence electrons. The van der Waals surface area contributed by atoms with E-state index in [1.165, 1.54) is 25.4 Å². The number of halogens is 2. The number of carbonyl (C=O) groups excluding carboxylic acids is 1. The number of nitrogens with zero attached hydrogens (tertiary/aromatic N) is 1. The van der Waals surface area contributed by atoms with Gasteiger partial charge in [-0.1, -0.05) is 29.8 Å². The molecule has 0 unspecified atom stereocenters. The van der Waals surface area contributed by atoms with E-state index in [1.54, 1.807) is 30.3 Å². The number of hydrogen-bond donors (Lipinski definition) is 2. The highest BCUT2D eigenvalue weighted by molar-refractivity contribution is 6.31. The fraction of sp³-hybridized carbons (Fsp3) is 0.158. The van der Waals surface area contributed by atoms with Crippen molar-refractivity contribution in [3.05, 3.63) is 70.6 Å². The van der Waals surface area contributed by atoms with Gasteiger partial charge in [-0.15, -0.1) is 0 Å². The SMILES string of the molecule is COc1ccc(Cl)cc1NC(=O)/C(C#N)=C\NCCc1ccccc1F. The van der Waals surface area contributed by atoms with Crippen molar-refractivity contribution in [3.63, 3.8) is 0 Å². The molecule has 5 nitrogen and oxygen atoms in total. The van der Waals surface area contributed by atoms with E-state index in [0.29, 0.717) is 35.0 Å². The molecule has 0 fully saturated rings. The van der Waals surface area contributed by atoms with E-state index >= 15 is 0 Å². The maximum Gasteiger partial charge on any atom is 0.267 e. The number of amides is 1. The van der Waals surface area contributed by atoms with Crippen LogP contribution in [0.1, 0.15) is 5.56 Å². The Morgan fingerprint density at radius 2 is 2.12 bits per heavy atom. The van der Waals surface area contributed by atoms with Crippen LogP contribution in [0.5, 0.6) is 5.75 Å². The lowest BCUT2D eigenvalue weighted by molar-refractivity contribution is -0.112. The predicted octanol–water partition coefficient (Wildman–Crippen LogP) is 3.67. The van der Waals surface area contributed by atoms with Crippen LogP contribution >= 0.6 is 11.6 Å². The third-order valence-corrected chi connectivity index (χ3v) is 3.75. The minimum Gasteiger partial charge on any atom is -0.495 e. The molecule has 2 rings (SSSR count). The quantitative estimate of drug-likeness (QED) is 0.441. The molecule has 26 heavy (non-hydrogen) atoms. The zero-order chi connectivity index (χ0) is 18.9. The number of nitrogens with one attached hydrogen (secondary N) is 2. The first-order chi connectivity index (χ1) is 12.5. The largest absolute Gasteiger partial charge is 0.495 e. The van der Waals surface area contributed by atoms with Crippen LogP contribution < -0.4 is 15.4 Å². The molecule has 0 bridgehead atoms. The second-order valence-corrected chi connectivity index (χ2v) is 5.70. The summed E-state index contributed by atoms with van der Waals surface area (Å²) in [5.74, 6) is -0.469. The van der Waals surface area contributed by atoms with Crippen LogP contribution in [0.25, 0.3) is 0 Å². The van der Waals surface area contributed by atoms with E-state index in [9.17, 15) is 14.4 Å². The van der Waals surface area contributed by atoms with Crippen molar-refractivity contribution < 1.29 is 13.9 Å². The first-order valence-corrected chi connectivity index (χ1v) is 8.15. The third kappa shape index (κ3) is 5.23. The number of anilines is 1. The summed E-state index contributed by atoms with van der Waals surface area (Å²) >= 11 is 5.91. The van der Waals surface area contributed by atoms with E-state index in [1.807, 2.05) is 6.07 Å². The summed E-state index contributed by atoms with van der Waals surface area (Å²) in [4.78, 5) is 12.2. The molecule has 0 radical (unpaired) electrons. The number of benzene rings is 2. The summed E-state index contributed by atoms with van der Waals surface area (Å²) in [7, 11) is 1.46. The van der Waals surface area contributed by atoms with Crippen molar-refractivity contribution in [2.24, 2.45) is 0 Å². The maximum atomic E-state index is 13.5. The smallest absolute Gasteiger partial charge is 0.267 e. The standard InChI is InChI=1S/C19H17ClFN3O2/c1-26-18-7-6-15(20)10-17(18)24-19(25)14(11-22)12-23-9-8-13-4-2-3-5-16(13)21/h2-7,10,12,23H,8-9H2,1H3,(H,24,25)/b14-12-. The molecule has 0 spiro atoms. The van der Waals surface area contributed by atoms with Gasteiger partial charge in [0.1, 0.15) is 23.2 Å². The van der Waals surface area contributed by atoms with E-state index in [0.717, 1.165) is 0 Å². The van der Waals surface area contributed by atoms with Crippen LogP contribution in [-0.2, 0) is 11.2 Å². The van der Waals surface area contributed by atoms with E-state index in [4.69, 9.17) is 16.3 Å². The van der Waals surface area contributed by atoms with Gasteiger partial charge in [0.05, 0.1) is 12.8 Å². The van der Waals surface area contributed by atoms with Crippen molar-refractivity contribution in [1.29, 1.82) is 5.26 Å². The Morgan fingerprint density at radius 3 is 2.81 bits per heavy atom. The van der Waals surface area contributed by atoms with Crippen molar-refractivity contribution in [1.82, 2.24) is 5.32 Å². The number of nitriles is 1. The van der Waals surface area contributed by atoms with Crippen LogP contribution in [-0.4, -0.2) is 19.6 Å². The Hall–Kier alpha value is -3.04. The predicted molar refractivity (Wildman–Crippen MR) is 98.4 cm³/mol. The van der Waals surface area contributed by atoms with Gasteiger partial charge >= 0.3 is 0 Å². The molecule has 2 aromatic carbocycles. The molecule has 0 aliphatic rings. The number of rotatable bonds is 7. The van der Waals surface area contributed by atoms with Gasteiger partial charge in [0.15, 0.2) is 0 Å². The average molecular weight is 374 g/mol. The molecule has 2 aromatic rings. The van der Waals surface area contributed by atoms with Crippen LogP contribution in [0.15, 0.2) is 54.2 Å². The highest BCUT2D eigenvalue weighted by Gasteiger charge is 2.12. The Morgan fingerprint density at radius 1 is 1.35 bits per heavy atom. The minimum atomic E-state index is -0.605. The lowest BCUT2D eigenvalue weighted by atomic mass is 10.1. The van der Waals surface area contributed by atoms with E-state index in [2.05, 4.69) is 10.6 Å². The van der Waals surface area contributed by atoms with Gasteiger partial charge in [0, 0.05) is 17.8 Å². The lowest BCUT2D eigenvalue weighted by Gasteiger charge is -2.10. The number of ether oxygens (including phenoxy) is 1. The van der Waals surface area contributed by atoms with Crippen LogP contribution in [0.4, 0.5) is 10.1 Å². The lowest BCUT2D eigenvalue weighted by Crippen LogP contribution is -2.18. The topological polar surface area (TPSA) is 74.1 Å². The highest BCUT2D eigenvalue weighted by atomic mass is 35.5. The Balaban J connectivity index is 1.98. The third-order valence-electron chi connectivity index (χ3n) is 3.52. The molecule has 0 atom stereocenters. The Labute approximate surface area is 156 Å². The molecule has 0 aromatic heterocycles. The minimum absolute atomic E-state index is 0.124. The molecule has 0 saturated carbocycles. The van der Waals surface area contributed by atoms with Crippen LogP contribution in [0.3, 0.4) is 0 Å². The first-order valence-electron chi connectivity index (χ1n) is 7.77. The Bertz CT molecular complexity index is 862. The summed E-state index contributed by atoms with van der Waals surface area (Å²) in [6, 6.07) is 13.0. The second-order valence-electron chi connectivity index (χ2n) is 5.26. The van der Waals surface area contributed by atoms with Crippen molar-refractivity contribution in [2.45, 2.75) is 6.42 Å². The summed E-state index contributed by atoms with van der Waals surface area (Å²) < 4.78 is 18.7. The number of hydrogen-bond acceptors (Lipinski definition) is 4. The van der Waals surface area contributed by atoms with Gasteiger partial charge in [-0.05, 0) is 36.2 Å². The Kier molecular flexibility index (Phi) is 7.01. The monoisotopic (exact) mass is 373 g/mol. The van der Waals surface area contributed by atoms with Crippen LogP contribution in [0, 0.1) is 17.1 Å². The van der Waals surface area contributed by atoms with Gasteiger partial charge < -0.3 is 15.4 Å². The average Bonchev–Trinajstić information content (AvgIpc) is 2.63.